The molecule has 0 unspecified atom stereocenters. The fraction of sp³-hybridized carbons (Fsp3) is 0.0625. The van der Waals surface area contributed by atoms with Gasteiger partial charge in [-0.15, -0.1) is 0 Å². The van der Waals surface area contributed by atoms with Crippen molar-refractivity contribution in [3.63, 3.8) is 0 Å². The minimum Gasteiger partial charge on any atom is -0.504 e. The summed E-state index contributed by atoms with van der Waals surface area (Å²) >= 11 is 5.13. The summed E-state index contributed by atoms with van der Waals surface area (Å²) in [6, 6.07) is 11.2. The van der Waals surface area contributed by atoms with E-state index in [0.717, 1.165) is 0 Å². The first-order valence-electron chi connectivity index (χ1n) is 6.94. The van der Waals surface area contributed by atoms with Crippen LogP contribution in [0.1, 0.15) is 5.56 Å². The van der Waals surface area contributed by atoms with E-state index in [0.29, 0.717) is 11.3 Å². The Morgan fingerprint density at radius 1 is 1.28 bits per heavy atom. The summed E-state index contributed by atoms with van der Waals surface area (Å²) in [4.78, 5) is 0. The number of H-pyrrole nitrogens is 1. The molecule has 1 aromatic heterocycles. The number of halogens is 1. The van der Waals surface area contributed by atoms with Crippen molar-refractivity contribution in [2.24, 2.45) is 5.10 Å². The Bertz CT molecular complexity index is 968. The Kier molecular flexibility index (Phi) is 5.63. The molecule has 0 aliphatic carbocycles. The quantitative estimate of drug-likeness (QED) is 0.549. The number of ether oxygens (including phenoxy) is 1. The van der Waals surface area contributed by atoms with Crippen molar-refractivity contribution >= 4 is 18.4 Å². The Balaban J connectivity index is 0.00000225. The van der Waals surface area contributed by atoms with Crippen LogP contribution in [0.4, 0.5) is 4.39 Å². The second-order valence-corrected chi connectivity index (χ2v) is 5.17. The average molecular weight is 362 g/mol. The number of nitrogens with one attached hydrogen (secondary N) is 1. The lowest BCUT2D eigenvalue weighted by atomic mass is 10.2. The van der Waals surface area contributed by atoms with Gasteiger partial charge in [-0.3, -0.25) is 0 Å². The molecular weight excluding hydrogens is 347 g/mol. The highest BCUT2D eigenvalue weighted by Crippen LogP contribution is 2.28. The molecule has 0 fully saturated rings. The molecule has 0 aliphatic rings. The second-order valence-electron chi connectivity index (χ2n) is 4.79. The normalized spacial score (nSPS) is 10.6. The zero-order valence-corrected chi connectivity index (χ0v) is 13.9. The van der Waals surface area contributed by atoms with Gasteiger partial charge in [-0.05, 0) is 36.5 Å². The van der Waals surface area contributed by atoms with Crippen LogP contribution in [0.2, 0.25) is 0 Å². The predicted octanol–water partition coefficient (Wildman–Crippen LogP) is 2.52. The summed E-state index contributed by atoms with van der Waals surface area (Å²) < 4.78 is 20.5. The van der Waals surface area contributed by atoms with Crippen molar-refractivity contribution in [1.82, 2.24) is 14.9 Å². The van der Waals surface area contributed by atoms with Crippen molar-refractivity contribution in [2.45, 2.75) is 0 Å². The SMILES string of the molecule is COc1cccc(/C=N/n2c(-c3ccccc3F)n[nH]c2=S)c1O.O. The maximum Gasteiger partial charge on any atom is 0.216 e. The number of rotatable bonds is 4. The molecule has 3 aromatic rings. The van der Waals surface area contributed by atoms with E-state index in [-0.39, 0.29) is 27.4 Å². The fourth-order valence-corrected chi connectivity index (χ4v) is 2.32. The number of methoxy groups -OCH3 is 1. The first kappa shape index (κ1) is 18.3. The Labute approximate surface area is 147 Å². The van der Waals surface area contributed by atoms with Crippen LogP contribution in [0.25, 0.3) is 11.4 Å². The van der Waals surface area contributed by atoms with Crippen LogP contribution in [0.15, 0.2) is 47.6 Å². The number of hydrogen-bond acceptors (Lipinski definition) is 5. The van der Waals surface area contributed by atoms with Crippen molar-refractivity contribution in [1.29, 1.82) is 0 Å². The number of nitrogens with zero attached hydrogens (tertiary/aromatic N) is 3. The van der Waals surface area contributed by atoms with E-state index in [9.17, 15) is 9.50 Å². The van der Waals surface area contributed by atoms with Crippen LogP contribution in [0.5, 0.6) is 11.5 Å². The van der Waals surface area contributed by atoms with Gasteiger partial charge >= 0.3 is 0 Å². The Morgan fingerprint density at radius 3 is 2.76 bits per heavy atom. The summed E-state index contributed by atoms with van der Waals surface area (Å²) in [6.07, 6.45) is 1.40. The molecule has 9 heteroatoms. The maximum absolute atomic E-state index is 14.0. The van der Waals surface area contributed by atoms with E-state index >= 15 is 0 Å². The molecule has 0 aliphatic heterocycles. The van der Waals surface area contributed by atoms with Crippen LogP contribution in [0.3, 0.4) is 0 Å². The number of aromatic amines is 1. The number of phenolic OH excluding ortho intramolecular Hbond substituents is 1. The van der Waals surface area contributed by atoms with Gasteiger partial charge in [-0.2, -0.15) is 14.9 Å². The Hall–Kier alpha value is -3.04. The van der Waals surface area contributed by atoms with Crippen LogP contribution < -0.4 is 4.74 Å². The van der Waals surface area contributed by atoms with Crippen LogP contribution in [-0.2, 0) is 0 Å². The largest absolute Gasteiger partial charge is 0.504 e. The van der Waals surface area contributed by atoms with E-state index in [2.05, 4.69) is 15.3 Å². The minimum atomic E-state index is -0.438. The van der Waals surface area contributed by atoms with Gasteiger partial charge in [0.1, 0.15) is 5.82 Å². The van der Waals surface area contributed by atoms with Crippen LogP contribution in [-0.4, -0.2) is 38.8 Å². The molecule has 4 N–H and O–H groups in total. The average Bonchev–Trinajstić information content (AvgIpc) is 2.95. The van der Waals surface area contributed by atoms with E-state index in [1.54, 1.807) is 36.4 Å². The zero-order chi connectivity index (χ0) is 17.1. The summed E-state index contributed by atoms with van der Waals surface area (Å²) in [5, 5.41) is 20.9. The van der Waals surface area contributed by atoms with Crippen molar-refractivity contribution in [2.75, 3.05) is 7.11 Å². The summed E-state index contributed by atoms with van der Waals surface area (Å²) in [5.41, 5.74) is 0.689. The smallest absolute Gasteiger partial charge is 0.216 e. The number of aromatic nitrogens is 3. The molecule has 0 radical (unpaired) electrons. The van der Waals surface area contributed by atoms with Crippen LogP contribution >= 0.6 is 12.2 Å². The topological polar surface area (TPSA) is 107 Å². The highest BCUT2D eigenvalue weighted by Gasteiger charge is 2.12. The first-order chi connectivity index (χ1) is 11.6. The fourth-order valence-electron chi connectivity index (χ4n) is 2.14. The third kappa shape index (κ3) is 3.57. The summed E-state index contributed by atoms with van der Waals surface area (Å²) in [5.74, 6) is 0.0687. The van der Waals surface area contributed by atoms with Crippen molar-refractivity contribution in [3.05, 3.63) is 58.6 Å². The number of phenols is 1. The molecule has 130 valence electrons. The van der Waals surface area contributed by atoms with Gasteiger partial charge < -0.3 is 15.3 Å². The van der Waals surface area contributed by atoms with Gasteiger partial charge in [0.15, 0.2) is 17.3 Å². The van der Waals surface area contributed by atoms with Crippen molar-refractivity contribution < 1.29 is 19.7 Å². The number of benzene rings is 2. The van der Waals surface area contributed by atoms with Gasteiger partial charge in [-0.25, -0.2) is 9.49 Å². The molecule has 3 rings (SSSR count). The lowest BCUT2D eigenvalue weighted by Crippen LogP contribution is -1.97. The van der Waals surface area contributed by atoms with Gasteiger partial charge in [0.05, 0.1) is 18.9 Å². The standard InChI is InChI=1S/C16H13FN4O2S.H2O/c1-23-13-8-4-5-10(14(13)22)9-18-21-15(19-20-16(21)24)11-6-2-3-7-12(11)17;/h2-9,22H,1H3,(H,20,24);1H2/b18-9+;. The second kappa shape index (κ2) is 7.69. The molecule has 25 heavy (non-hydrogen) atoms. The van der Waals surface area contributed by atoms with Gasteiger partial charge in [0.2, 0.25) is 4.77 Å². The van der Waals surface area contributed by atoms with Crippen molar-refractivity contribution in [3.8, 4) is 22.9 Å². The molecular formula is C16H15FN4O3S. The third-order valence-electron chi connectivity index (χ3n) is 3.33. The zero-order valence-electron chi connectivity index (χ0n) is 13.1. The summed E-state index contributed by atoms with van der Waals surface area (Å²) in [7, 11) is 1.46. The molecule has 0 bridgehead atoms. The van der Waals surface area contributed by atoms with E-state index in [4.69, 9.17) is 17.0 Å². The molecule has 0 spiro atoms. The van der Waals surface area contributed by atoms with E-state index in [1.165, 1.54) is 24.1 Å². The highest BCUT2D eigenvalue weighted by atomic mass is 32.1. The summed E-state index contributed by atoms with van der Waals surface area (Å²) in [6.45, 7) is 0. The maximum atomic E-state index is 14.0. The van der Waals surface area contributed by atoms with E-state index < -0.39 is 5.82 Å². The lowest BCUT2D eigenvalue weighted by Gasteiger charge is -2.05. The number of aromatic hydroxyl groups is 1. The molecule has 7 nitrogen and oxygen atoms in total. The third-order valence-corrected chi connectivity index (χ3v) is 3.59. The first-order valence-corrected chi connectivity index (χ1v) is 7.35. The van der Waals surface area contributed by atoms with E-state index in [1.807, 2.05) is 0 Å². The Morgan fingerprint density at radius 2 is 2.04 bits per heavy atom. The molecule has 0 amide bonds. The molecule has 2 aromatic carbocycles. The highest BCUT2D eigenvalue weighted by molar-refractivity contribution is 7.71. The molecule has 0 atom stereocenters. The number of para-hydroxylation sites is 1. The lowest BCUT2D eigenvalue weighted by molar-refractivity contribution is 0.373. The molecule has 0 saturated carbocycles. The molecule has 1 heterocycles. The monoisotopic (exact) mass is 362 g/mol. The molecule has 0 saturated heterocycles. The van der Waals surface area contributed by atoms with Gasteiger partial charge in [-0.1, -0.05) is 18.2 Å². The number of hydrogen-bond donors (Lipinski definition) is 2. The van der Waals surface area contributed by atoms with Crippen LogP contribution in [0, 0.1) is 10.6 Å². The van der Waals surface area contributed by atoms with Gasteiger partial charge in [0, 0.05) is 5.56 Å². The van der Waals surface area contributed by atoms with Gasteiger partial charge in [0.25, 0.3) is 0 Å². The predicted molar refractivity (Wildman–Crippen MR) is 94.1 cm³/mol. The minimum absolute atomic E-state index is 0.